The Hall–Kier alpha value is -3.47. The van der Waals surface area contributed by atoms with Crippen LogP contribution < -0.4 is 19.5 Å². The fourth-order valence-electron chi connectivity index (χ4n) is 4.89. The number of alkyl halides is 3. The van der Waals surface area contributed by atoms with E-state index >= 15 is 0 Å². The highest BCUT2D eigenvalue weighted by atomic mass is 35.5. The summed E-state index contributed by atoms with van der Waals surface area (Å²) >= 11 is 12.0. The summed E-state index contributed by atoms with van der Waals surface area (Å²) in [5.74, 6) is -0.239. The Kier molecular flexibility index (Phi) is 9.68. The summed E-state index contributed by atoms with van der Waals surface area (Å²) in [7, 11) is 0. The van der Waals surface area contributed by atoms with Crippen LogP contribution in [0.4, 0.5) is 17.6 Å². The predicted molar refractivity (Wildman–Crippen MR) is 155 cm³/mol. The Labute approximate surface area is 256 Å². The highest BCUT2D eigenvalue weighted by molar-refractivity contribution is 6.37. The van der Waals surface area contributed by atoms with Gasteiger partial charge in [-0.1, -0.05) is 47.5 Å². The molecule has 3 aromatic carbocycles. The monoisotopic (exact) mass is 638 g/mol. The quantitative estimate of drug-likeness (QED) is 0.175. The third kappa shape index (κ3) is 8.34. The molecule has 6 nitrogen and oxygen atoms in total. The van der Waals surface area contributed by atoms with Crippen molar-refractivity contribution in [2.75, 3.05) is 26.3 Å². The van der Waals surface area contributed by atoms with Gasteiger partial charge in [0.15, 0.2) is 5.75 Å². The summed E-state index contributed by atoms with van der Waals surface area (Å²) in [6.07, 6.45) is -2.47. The molecule has 1 heterocycles. The number of nitrogens with one attached hydrogen (secondary N) is 1. The van der Waals surface area contributed by atoms with Crippen LogP contribution in [0.1, 0.15) is 30.4 Å². The lowest BCUT2D eigenvalue weighted by Crippen LogP contribution is -2.39. The van der Waals surface area contributed by atoms with Crippen LogP contribution in [-0.2, 0) is 11.3 Å². The maximum atomic E-state index is 13.8. The van der Waals surface area contributed by atoms with Gasteiger partial charge in [-0.05, 0) is 78.9 Å². The van der Waals surface area contributed by atoms with Gasteiger partial charge in [-0.15, -0.1) is 13.2 Å². The number of carbonyl (C=O) groups is 1. The van der Waals surface area contributed by atoms with Crippen molar-refractivity contribution in [1.82, 2.24) is 10.2 Å². The van der Waals surface area contributed by atoms with Crippen LogP contribution in [0.15, 0.2) is 66.2 Å². The summed E-state index contributed by atoms with van der Waals surface area (Å²) in [5, 5.41) is 3.41. The molecule has 0 radical (unpaired) electrons. The molecule has 1 aliphatic carbocycles. The molecule has 0 spiro atoms. The van der Waals surface area contributed by atoms with Crippen molar-refractivity contribution >= 4 is 34.7 Å². The molecule has 1 N–H and O–H groups in total. The van der Waals surface area contributed by atoms with Crippen molar-refractivity contribution in [3.8, 4) is 17.2 Å². The topological polar surface area (TPSA) is 60.0 Å². The molecule has 1 aliphatic heterocycles. The summed E-state index contributed by atoms with van der Waals surface area (Å²) in [5.41, 5.74) is 2.99. The van der Waals surface area contributed by atoms with E-state index in [1.807, 2.05) is 12.1 Å². The highest BCUT2D eigenvalue weighted by Crippen LogP contribution is 2.35. The van der Waals surface area contributed by atoms with Crippen molar-refractivity contribution in [2.24, 2.45) is 0 Å². The van der Waals surface area contributed by atoms with Crippen LogP contribution in [0.5, 0.6) is 17.2 Å². The van der Waals surface area contributed by atoms with E-state index in [-0.39, 0.29) is 53.3 Å². The van der Waals surface area contributed by atoms with Crippen LogP contribution in [0.3, 0.4) is 0 Å². The van der Waals surface area contributed by atoms with Crippen molar-refractivity contribution < 1.29 is 36.6 Å². The van der Waals surface area contributed by atoms with Gasteiger partial charge in [-0.3, -0.25) is 4.79 Å². The first-order chi connectivity index (χ1) is 20.6. The molecule has 1 saturated carbocycles. The third-order valence-corrected chi connectivity index (χ3v) is 7.54. The first-order valence-electron chi connectivity index (χ1n) is 13.7. The van der Waals surface area contributed by atoms with Gasteiger partial charge in [0.1, 0.15) is 30.5 Å². The highest BCUT2D eigenvalue weighted by Gasteiger charge is 2.36. The van der Waals surface area contributed by atoms with Gasteiger partial charge in [-0.2, -0.15) is 0 Å². The Balaban J connectivity index is 1.25. The third-order valence-electron chi connectivity index (χ3n) is 6.97. The van der Waals surface area contributed by atoms with E-state index in [1.54, 1.807) is 23.1 Å². The molecule has 1 fully saturated rings. The molecular weight excluding hydrogens is 611 g/mol. The summed E-state index contributed by atoms with van der Waals surface area (Å²) in [6.45, 7) is 1.59. The Morgan fingerprint density at radius 1 is 0.953 bits per heavy atom. The van der Waals surface area contributed by atoms with Gasteiger partial charge in [-0.25, -0.2) is 4.39 Å². The van der Waals surface area contributed by atoms with Crippen LogP contribution in [0.25, 0.3) is 5.57 Å². The zero-order valence-corrected chi connectivity index (χ0v) is 24.4. The van der Waals surface area contributed by atoms with E-state index in [2.05, 4.69) is 10.1 Å². The first-order valence-corrected chi connectivity index (χ1v) is 14.4. The molecule has 12 heteroatoms. The van der Waals surface area contributed by atoms with E-state index in [9.17, 15) is 22.4 Å². The largest absolute Gasteiger partial charge is 0.573 e. The number of hydrogen-bond acceptors (Lipinski definition) is 5. The predicted octanol–water partition coefficient (Wildman–Crippen LogP) is 7.43. The fourth-order valence-corrected chi connectivity index (χ4v) is 5.46. The van der Waals surface area contributed by atoms with E-state index in [1.165, 1.54) is 18.2 Å². The average Bonchev–Trinajstić information content (AvgIpc) is 3.80. The lowest BCUT2D eigenvalue weighted by atomic mass is 9.93. The minimum atomic E-state index is -4.79. The van der Waals surface area contributed by atoms with Crippen LogP contribution in [0, 0.1) is 5.82 Å². The lowest BCUT2D eigenvalue weighted by molar-refractivity contribution is -0.274. The van der Waals surface area contributed by atoms with Gasteiger partial charge in [0.05, 0.1) is 10.0 Å². The molecule has 0 saturated heterocycles. The van der Waals surface area contributed by atoms with Crippen molar-refractivity contribution in [3.05, 3.63) is 93.2 Å². The minimum absolute atomic E-state index is 0.0352. The Morgan fingerprint density at radius 2 is 1.65 bits per heavy atom. The van der Waals surface area contributed by atoms with Crippen LogP contribution >= 0.6 is 23.2 Å². The van der Waals surface area contributed by atoms with E-state index < -0.39 is 12.2 Å². The van der Waals surface area contributed by atoms with Crippen LogP contribution in [-0.4, -0.2) is 49.5 Å². The second-order valence-electron chi connectivity index (χ2n) is 10.2. The SMILES string of the molecule is O=C(C1=C(c2ccc(OCCOc3c(Cl)cc(F)cc3Cl)cc2)CCNC1)N(Cc1cccc(OC(F)(F)F)c1)C1CC1. The lowest BCUT2D eigenvalue weighted by Gasteiger charge is -2.28. The van der Waals surface area contributed by atoms with Crippen molar-refractivity contribution in [3.63, 3.8) is 0 Å². The molecule has 0 atom stereocenters. The number of carbonyl (C=O) groups excluding carboxylic acids is 1. The van der Waals surface area contributed by atoms with E-state index in [0.29, 0.717) is 36.4 Å². The van der Waals surface area contributed by atoms with Gasteiger partial charge in [0, 0.05) is 24.7 Å². The van der Waals surface area contributed by atoms with Crippen molar-refractivity contribution in [2.45, 2.75) is 38.2 Å². The standard InChI is InChI=1S/C31H28Cl2F4N2O4/c32-27-15-21(34)16-28(33)29(27)42-13-12-41-23-8-4-20(5-9-23)25-10-11-38-17-26(25)30(40)39(22-6-7-22)18-19-2-1-3-24(14-19)43-31(35,36)37/h1-5,8-9,14-16,22,38H,6-7,10-13,17-18H2. The summed E-state index contributed by atoms with van der Waals surface area (Å²) in [4.78, 5) is 15.6. The first kappa shape index (κ1) is 31.0. The Morgan fingerprint density at radius 3 is 2.33 bits per heavy atom. The fraction of sp³-hybridized carbons (Fsp3) is 0.323. The number of amides is 1. The molecule has 0 aromatic heterocycles. The van der Waals surface area contributed by atoms with Crippen LogP contribution in [0.2, 0.25) is 10.0 Å². The number of ether oxygens (including phenoxy) is 3. The van der Waals surface area contributed by atoms with Gasteiger partial charge in [0.25, 0.3) is 5.91 Å². The second kappa shape index (κ2) is 13.4. The molecule has 0 bridgehead atoms. The van der Waals surface area contributed by atoms with E-state index in [0.717, 1.165) is 36.1 Å². The number of benzene rings is 3. The van der Waals surface area contributed by atoms with E-state index in [4.69, 9.17) is 32.7 Å². The normalized spacial score (nSPS) is 15.3. The van der Waals surface area contributed by atoms with Crippen molar-refractivity contribution in [1.29, 1.82) is 0 Å². The van der Waals surface area contributed by atoms with Gasteiger partial charge < -0.3 is 24.4 Å². The molecule has 5 rings (SSSR count). The molecular formula is C31H28Cl2F4N2O4. The number of rotatable bonds is 11. The smallest absolute Gasteiger partial charge is 0.490 e. The second-order valence-corrected chi connectivity index (χ2v) is 11.0. The molecule has 43 heavy (non-hydrogen) atoms. The zero-order valence-electron chi connectivity index (χ0n) is 22.9. The molecule has 1 amide bonds. The zero-order chi connectivity index (χ0) is 30.6. The molecule has 3 aromatic rings. The summed E-state index contributed by atoms with van der Waals surface area (Å²) in [6, 6.07) is 15.4. The molecule has 2 aliphatic rings. The maximum absolute atomic E-state index is 13.8. The number of hydrogen-bond donors (Lipinski definition) is 1. The summed E-state index contributed by atoms with van der Waals surface area (Å²) < 4.78 is 66.9. The molecule has 228 valence electrons. The number of halogens is 6. The molecule has 0 unspecified atom stereocenters. The maximum Gasteiger partial charge on any atom is 0.573 e. The van der Waals surface area contributed by atoms with Gasteiger partial charge in [0.2, 0.25) is 0 Å². The Bertz CT molecular complexity index is 1470. The average molecular weight is 639 g/mol. The van der Waals surface area contributed by atoms with Gasteiger partial charge >= 0.3 is 6.36 Å². The minimum Gasteiger partial charge on any atom is -0.490 e. The number of nitrogens with zero attached hydrogens (tertiary/aromatic N) is 1.